The van der Waals surface area contributed by atoms with Crippen LogP contribution in [0.3, 0.4) is 0 Å². The highest BCUT2D eigenvalue weighted by Crippen LogP contribution is 2.33. The summed E-state index contributed by atoms with van der Waals surface area (Å²) in [5, 5.41) is 4.67. The number of para-hydroxylation sites is 1. The average molecular weight is 368 g/mol. The molecule has 2 N–H and O–H groups in total. The standard InChI is InChI=1S/C23H33N3O/c1-16-7-9-19(10-8-16)25-23(27)17(2)26-13-11-18(12-14-26)21-15-24-22-6-4-3-5-20(21)22/h3-6,15-19,24H,7-14H2,1-2H3,(H,25,27). The van der Waals surface area contributed by atoms with Crippen molar-refractivity contribution in [3.05, 3.63) is 36.0 Å². The molecular weight excluding hydrogens is 334 g/mol. The molecule has 27 heavy (non-hydrogen) atoms. The Labute approximate surface area is 162 Å². The molecule has 2 aliphatic rings. The van der Waals surface area contributed by atoms with Gasteiger partial charge in [-0.05, 0) is 82.0 Å². The lowest BCUT2D eigenvalue weighted by molar-refractivity contribution is -0.127. The van der Waals surface area contributed by atoms with Crippen LogP contribution in [0, 0.1) is 5.92 Å². The first kappa shape index (κ1) is 18.5. The van der Waals surface area contributed by atoms with Gasteiger partial charge in [0, 0.05) is 23.1 Å². The Morgan fingerprint density at radius 2 is 1.81 bits per heavy atom. The van der Waals surface area contributed by atoms with Crippen molar-refractivity contribution in [3.8, 4) is 0 Å². The number of piperidine rings is 1. The van der Waals surface area contributed by atoms with Crippen molar-refractivity contribution >= 4 is 16.8 Å². The monoisotopic (exact) mass is 367 g/mol. The zero-order chi connectivity index (χ0) is 18.8. The van der Waals surface area contributed by atoms with Crippen LogP contribution in [0.5, 0.6) is 0 Å². The van der Waals surface area contributed by atoms with Crippen LogP contribution < -0.4 is 5.32 Å². The summed E-state index contributed by atoms with van der Waals surface area (Å²) in [6, 6.07) is 8.93. The van der Waals surface area contributed by atoms with Crippen molar-refractivity contribution in [2.75, 3.05) is 13.1 Å². The molecule has 1 saturated carbocycles. The lowest BCUT2D eigenvalue weighted by Crippen LogP contribution is -2.50. The number of nitrogens with one attached hydrogen (secondary N) is 2. The fourth-order valence-electron chi connectivity index (χ4n) is 4.92. The van der Waals surface area contributed by atoms with Gasteiger partial charge < -0.3 is 10.3 Å². The van der Waals surface area contributed by atoms with Crippen LogP contribution in [0.25, 0.3) is 10.9 Å². The van der Waals surface area contributed by atoms with E-state index in [1.807, 2.05) is 0 Å². The van der Waals surface area contributed by atoms with Crippen molar-refractivity contribution in [1.29, 1.82) is 0 Å². The van der Waals surface area contributed by atoms with Gasteiger partial charge in [0.15, 0.2) is 0 Å². The summed E-state index contributed by atoms with van der Waals surface area (Å²) in [6.45, 7) is 6.40. The zero-order valence-electron chi connectivity index (χ0n) is 16.7. The van der Waals surface area contributed by atoms with E-state index in [0.29, 0.717) is 12.0 Å². The van der Waals surface area contributed by atoms with Gasteiger partial charge in [-0.15, -0.1) is 0 Å². The summed E-state index contributed by atoms with van der Waals surface area (Å²) in [5.41, 5.74) is 2.67. The topological polar surface area (TPSA) is 48.1 Å². The van der Waals surface area contributed by atoms with Crippen molar-refractivity contribution < 1.29 is 4.79 Å². The molecule has 1 saturated heterocycles. The molecule has 1 atom stereocenters. The number of fused-ring (bicyclic) bond motifs is 1. The lowest BCUT2D eigenvalue weighted by atomic mass is 9.87. The minimum Gasteiger partial charge on any atom is -0.361 e. The van der Waals surface area contributed by atoms with Crippen LogP contribution in [0.1, 0.15) is 63.9 Å². The molecule has 0 bridgehead atoms. The Morgan fingerprint density at radius 1 is 1.11 bits per heavy atom. The first-order valence-electron chi connectivity index (χ1n) is 10.7. The predicted octanol–water partition coefficient (Wildman–Crippen LogP) is 4.43. The number of nitrogens with zero attached hydrogens (tertiary/aromatic N) is 1. The largest absolute Gasteiger partial charge is 0.361 e. The summed E-state index contributed by atoms with van der Waals surface area (Å²) in [7, 11) is 0. The van der Waals surface area contributed by atoms with E-state index in [2.05, 4.69) is 59.5 Å². The van der Waals surface area contributed by atoms with Crippen molar-refractivity contribution in [2.45, 2.75) is 70.4 Å². The van der Waals surface area contributed by atoms with E-state index in [-0.39, 0.29) is 11.9 Å². The van der Waals surface area contributed by atoms with Gasteiger partial charge in [0.05, 0.1) is 6.04 Å². The van der Waals surface area contributed by atoms with Crippen LogP contribution in [0.4, 0.5) is 0 Å². The minimum atomic E-state index is -0.0201. The molecule has 1 amide bonds. The van der Waals surface area contributed by atoms with E-state index >= 15 is 0 Å². The second kappa shape index (κ2) is 8.05. The smallest absolute Gasteiger partial charge is 0.237 e. The average Bonchev–Trinajstić information content (AvgIpc) is 3.13. The predicted molar refractivity (Wildman–Crippen MR) is 111 cm³/mol. The number of aromatic nitrogens is 1. The van der Waals surface area contributed by atoms with Gasteiger partial charge in [-0.1, -0.05) is 25.1 Å². The normalized spacial score (nSPS) is 26.1. The van der Waals surface area contributed by atoms with Gasteiger partial charge in [-0.2, -0.15) is 0 Å². The maximum Gasteiger partial charge on any atom is 0.237 e. The summed E-state index contributed by atoms with van der Waals surface area (Å²) in [4.78, 5) is 18.5. The number of carbonyl (C=O) groups is 1. The highest BCUT2D eigenvalue weighted by molar-refractivity contribution is 5.83. The molecule has 4 nitrogen and oxygen atoms in total. The van der Waals surface area contributed by atoms with E-state index < -0.39 is 0 Å². The number of carbonyl (C=O) groups excluding carboxylic acids is 1. The molecule has 2 aromatic rings. The number of rotatable bonds is 4. The Hall–Kier alpha value is -1.81. The molecular formula is C23H33N3O. The summed E-state index contributed by atoms with van der Waals surface area (Å²) in [6.07, 6.45) is 9.21. The molecule has 2 fully saturated rings. The zero-order valence-corrected chi connectivity index (χ0v) is 16.7. The van der Waals surface area contributed by atoms with Crippen molar-refractivity contribution in [1.82, 2.24) is 15.2 Å². The fourth-order valence-corrected chi connectivity index (χ4v) is 4.92. The SMILES string of the molecule is CC1CCC(NC(=O)C(C)N2CCC(c3c[nH]c4ccccc34)CC2)CC1. The third-order valence-corrected chi connectivity index (χ3v) is 6.88. The van der Waals surface area contributed by atoms with Crippen LogP contribution in [-0.4, -0.2) is 41.0 Å². The van der Waals surface area contributed by atoms with Crippen molar-refractivity contribution in [3.63, 3.8) is 0 Å². The molecule has 1 aromatic carbocycles. The van der Waals surface area contributed by atoms with E-state index in [0.717, 1.165) is 44.7 Å². The quantitative estimate of drug-likeness (QED) is 0.840. The third-order valence-electron chi connectivity index (χ3n) is 6.88. The number of hydrogen-bond acceptors (Lipinski definition) is 2. The summed E-state index contributed by atoms with van der Waals surface area (Å²) < 4.78 is 0. The molecule has 1 unspecified atom stereocenters. The second-order valence-electron chi connectivity index (χ2n) is 8.74. The van der Waals surface area contributed by atoms with Crippen LogP contribution in [0.15, 0.2) is 30.5 Å². The van der Waals surface area contributed by atoms with E-state index in [1.54, 1.807) is 0 Å². The number of amides is 1. The molecule has 1 aliphatic carbocycles. The first-order valence-corrected chi connectivity index (χ1v) is 10.7. The number of benzene rings is 1. The van der Waals surface area contributed by atoms with Gasteiger partial charge in [0.25, 0.3) is 0 Å². The Bertz CT molecular complexity index is 767. The molecule has 4 rings (SSSR count). The number of H-pyrrole nitrogens is 1. The van der Waals surface area contributed by atoms with Crippen LogP contribution in [-0.2, 0) is 4.79 Å². The Kier molecular flexibility index (Phi) is 5.53. The first-order chi connectivity index (χ1) is 13.1. The van der Waals surface area contributed by atoms with E-state index in [1.165, 1.54) is 29.3 Å². The van der Waals surface area contributed by atoms with Crippen LogP contribution >= 0.6 is 0 Å². The Balaban J connectivity index is 1.31. The second-order valence-corrected chi connectivity index (χ2v) is 8.74. The molecule has 146 valence electrons. The third kappa shape index (κ3) is 4.06. The van der Waals surface area contributed by atoms with E-state index in [4.69, 9.17) is 0 Å². The molecule has 1 aliphatic heterocycles. The summed E-state index contributed by atoms with van der Waals surface area (Å²) >= 11 is 0. The number of aromatic amines is 1. The highest BCUT2D eigenvalue weighted by atomic mass is 16.2. The van der Waals surface area contributed by atoms with Crippen LogP contribution in [0.2, 0.25) is 0 Å². The molecule has 0 spiro atoms. The van der Waals surface area contributed by atoms with Gasteiger partial charge >= 0.3 is 0 Å². The fraction of sp³-hybridized carbons (Fsp3) is 0.609. The molecule has 2 heterocycles. The number of likely N-dealkylation sites (tertiary alicyclic amines) is 1. The lowest BCUT2D eigenvalue weighted by Gasteiger charge is -2.36. The maximum absolute atomic E-state index is 12.7. The Morgan fingerprint density at radius 3 is 2.56 bits per heavy atom. The van der Waals surface area contributed by atoms with Gasteiger partial charge in [0.2, 0.25) is 5.91 Å². The molecule has 4 heteroatoms. The van der Waals surface area contributed by atoms with Gasteiger partial charge in [0.1, 0.15) is 0 Å². The molecule has 1 aromatic heterocycles. The van der Waals surface area contributed by atoms with Gasteiger partial charge in [-0.25, -0.2) is 0 Å². The van der Waals surface area contributed by atoms with E-state index in [9.17, 15) is 4.79 Å². The van der Waals surface area contributed by atoms with Crippen molar-refractivity contribution in [2.24, 2.45) is 5.92 Å². The number of hydrogen-bond donors (Lipinski definition) is 2. The highest BCUT2D eigenvalue weighted by Gasteiger charge is 2.29. The minimum absolute atomic E-state index is 0.0201. The molecule has 0 radical (unpaired) electrons. The maximum atomic E-state index is 12.7. The summed E-state index contributed by atoms with van der Waals surface area (Å²) in [5.74, 6) is 1.63. The van der Waals surface area contributed by atoms with Gasteiger partial charge in [-0.3, -0.25) is 9.69 Å².